The maximum atomic E-state index is 12.0. The number of carbonyl (C=O) groups excluding carboxylic acids is 1. The lowest BCUT2D eigenvalue weighted by Gasteiger charge is -2.37. The van der Waals surface area contributed by atoms with Crippen molar-refractivity contribution in [1.29, 1.82) is 0 Å². The maximum Gasteiger partial charge on any atom is 0.228 e. The molecule has 0 bridgehead atoms. The third-order valence-corrected chi connectivity index (χ3v) is 7.71. The molecule has 132 valence electrons. The van der Waals surface area contributed by atoms with Crippen LogP contribution in [0, 0.1) is 5.92 Å². The van der Waals surface area contributed by atoms with Gasteiger partial charge in [-0.1, -0.05) is 0 Å². The Balaban J connectivity index is 1.34. The van der Waals surface area contributed by atoms with Crippen LogP contribution in [-0.4, -0.2) is 62.7 Å². The minimum Gasteiger partial charge on any atom is -0.311 e. The van der Waals surface area contributed by atoms with Crippen molar-refractivity contribution in [2.75, 3.05) is 41.4 Å². The highest BCUT2D eigenvalue weighted by Gasteiger charge is 2.31. The van der Waals surface area contributed by atoms with E-state index in [9.17, 15) is 4.79 Å². The third-order valence-electron chi connectivity index (χ3n) is 5.22. The summed E-state index contributed by atoms with van der Waals surface area (Å²) in [5.41, 5.74) is 0. The highest BCUT2D eigenvalue weighted by atomic mass is 32.2. The Morgan fingerprint density at radius 2 is 1.79 bits per heavy atom. The fraction of sp³-hybridized carbons (Fsp3) is 0.765. The fourth-order valence-corrected chi connectivity index (χ4v) is 6.22. The van der Waals surface area contributed by atoms with Crippen molar-refractivity contribution >= 4 is 35.2 Å². The molecule has 1 N–H and O–H groups in total. The summed E-state index contributed by atoms with van der Waals surface area (Å²) in [6, 6.07) is 3.08. The molecule has 1 aromatic rings. The van der Waals surface area contributed by atoms with Crippen LogP contribution in [-0.2, 0) is 4.79 Å². The molecule has 1 aliphatic carbocycles. The lowest BCUT2D eigenvalue weighted by molar-refractivity contribution is -0.117. The summed E-state index contributed by atoms with van der Waals surface area (Å²) < 4.78 is 2.05. The van der Waals surface area contributed by atoms with Gasteiger partial charge in [-0.15, -0.1) is 0 Å². The largest absolute Gasteiger partial charge is 0.311 e. The van der Waals surface area contributed by atoms with Crippen molar-refractivity contribution in [2.45, 2.75) is 37.8 Å². The molecule has 0 atom stereocenters. The highest BCUT2D eigenvalue weighted by Crippen LogP contribution is 2.32. The van der Waals surface area contributed by atoms with Crippen molar-refractivity contribution in [3.8, 4) is 0 Å². The number of thioether (sulfide) groups is 2. The van der Waals surface area contributed by atoms with E-state index in [1.807, 2.05) is 16.9 Å². The van der Waals surface area contributed by atoms with Gasteiger partial charge >= 0.3 is 0 Å². The van der Waals surface area contributed by atoms with Gasteiger partial charge < -0.3 is 5.32 Å². The Morgan fingerprint density at radius 3 is 2.46 bits per heavy atom. The zero-order chi connectivity index (χ0) is 16.4. The number of nitrogens with one attached hydrogen (secondary N) is 1. The lowest BCUT2D eigenvalue weighted by Crippen LogP contribution is -2.44. The van der Waals surface area contributed by atoms with E-state index >= 15 is 0 Å². The van der Waals surface area contributed by atoms with Crippen molar-refractivity contribution in [3.63, 3.8) is 0 Å². The predicted octanol–water partition coefficient (Wildman–Crippen LogP) is 2.72. The molecule has 0 unspecified atom stereocenters. The van der Waals surface area contributed by atoms with Gasteiger partial charge in [0.05, 0.1) is 12.2 Å². The number of hydrogen-bond acceptors (Lipinski definition) is 5. The van der Waals surface area contributed by atoms with Gasteiger partial charge in [0.15, 0.2) is 0 Å². The van der Waals surface area contributed by atoms with E-state index in [0.717, 1.165) is 50.6 Å². The van der Waals surface area contributed by atoms with Crippen molar-refractivity contribution in [3.05, 3.63) is 12.3 Å². The summed E-state index contributed by atoms with van der Waals surface area (Å²) in [4.78, 5) is 14.7. The molecule has 2 saturated heterocycles. The maximum absolute atomic E-state index is 12.0. The van der Waals surface area contributed by atoms with Gasteiger partial charge in [-0.25, -0.2) is 4.68 Å². The quantitative estimate of drug-likeness (QED) is 0.888. The molecule has 5 nitrogen and oxygen atoms in total. The van der Waals surface area contributed by atoms with Gasteiger partial charge in [0, 0.05) is 54.1 Å². The summed E-state index contributed by atoms with van der Waals surface area (Å²) in [6.45, 7) is 2.29. The van der Waals surface area contributed by atoms with Gasteiger partial charge in [0.25, 0.3) is 0 Å². The molecular formula is C17H26N4OS2. The average Bonchev–Trinajstić information content (AvgIpc) is 3.40. The number of carbonyl (C=O) groups is 1. The highest BCUT2D eigenvalue weighted by molar-refractivity contribution is 8.03. The van der Waals surface area contributed by atoms with Crippen LogP contribution in [0.5, 0.6) is 0 Å². The molecule has 0 spiro atoms. The van der Waals surface area contributed by atoms with E-state index in [-0.39, 0.29) is 11.8 Å². The minimum absolute atomic E-state index is 0.168. The zero-order valence-electron chi connectivity index (χ0n) is 14.0. The van der Waals surface area contributed by atoms with Crippen LogP contribution < -0.4 is 5.32 Å². The number of nitrogens with zero attached hydrogens (tertiary/aromatic N) is 3. The molecule has 3 heterocycles. The molecule has 4 rings (SSSR count). The number of amides is 1. The predicted molar refractivity (Wildman–Crippen MR) is 102 cm³/mol. The number of hydrogen-bond donors (Lipinski definition) is 1. The van der Waals surface area contributed by atoms with Gasteiger partial charge in [-0.05, 0) is 25.7 Å². The molecule has 2 aliphatic heterocycles. The third kappa shape index (κ3) is 3.94. The smallest absolute Gasteiger partial charge is 0.228 e. The second-order valence-electron chi connectivity index (χ2n) is 7.00. The minimum atomic E-state index is 0.168. The normalized spacial score (nSPS) is 24.7. The lowest BCUT2D eigenvalue weighted by atomic mass is 10.0. The average molecular weight is 367 g/mol. The molecule has 1 amide bonds. The van der Waals surface area contributed by atoms with Crippen LogP contribution in [0.15, 0.2) is 12.3 Å². The van der Waals surface area contributed by atoms with Crippen LogP contribution in [0.4, 0.5) is 5.82 Å². The SMILES string of the molecule is O=C(Nc1ccnn1C1CCN(C2CSCCSC2)CC1)C1CC1. The molecule has 0 aromatic carbocycles. The van der Waals surface area contributed by atoms with Crippen LogP contribution >= 0.6 is 23.5 Å². The van der Waals surface area contributed by atoms with E-state index in [2.05, 4.69) is 38.8 Å². The number of anilines is 1. The first-order valence-electron chi connectivity index (χ1n) is 9.05. The number of rotatable bonds is 4. The summed E-state index contributed by atoms with van der Waals surface area (Å²) in [5.74, 6) is 6.45. The first kappa shape index (κ1) is 16.8. The second kappa shape index (κ2) is 7.70. The van der Waals surface area contributed by atoms with Gasteiger partial charge in [0.2, 0.25) is 5.91 Å². The number of piperidine rings is 1. The van der Waals surface area contributed by atoms with Gasteiger partial charge in [-0.3, -0.25) is 9.69 Å². The van der Waals surface area contributed by atoms with Crippen LogP contribution in [0.1, 0.15) is 31.7 Å². The van der Waals surface area contributed by atoms with E-state index in [4.69, 9.17) is 0 Å². The summed E-state index contributed by atoms with van der Waals surface area (Å²) in [7, 11) is 0. The Bertz CT molecular complexity index is 559. The molecule has 3 aliphatic rings. The summed E-state index contributed by atoms with van der Waals surface area (Å²) in [5, 5.41) is 7.57. The standard InChI is InChI=1S/C17H26N4OS2/c22-17(13-1-2-13)19-16-3-6-18-21(16)14-4-7-20(8-5-14)15-11-23-9-10-24-12-15/h3,6,13-15H,1-2,4-5,7-12H2,(H,19,22). The van der Waals surface area contributed by atoms with E-state index < -0.39 is 0 Å². The monoisotopic (exact) mass is 366 g/mol. The molecule has 1 aromatic heterocycles. The van der Waals surface area contributed by atoms with Gasteiger partial charge in [-0.2, -0.15) is 28.6 Å². The molecule has 0 radical (unpaired) electrons. The van der Waals surface area contributed by atoms with E-state index in [1.54, 1.807) is 0 Å². The van der Waals surface area contributed by atoms with E-state index in [0.29, 0.717) is 6.04 Å². The molecule has 24 heavy (non-hydrogen) atoms. The Kier molecular flexibility index (Phi) is 5.39. The molecular weight excluding hydrogens is 340 g/mol. The molecule has 3 fully saturated rings. The Labute approximate surface area is 152 Å². The molecule has 1 saturated carbocycles. The molecule has 7 heteroatoms. The first-order chi connectivity index (χ1) is 11.8. The number of aromatic nitrogens is 2. The van der Waals surface area contributed by atoms with Gasteiger partial charge in [0.1, 0.15) is 5.82 Å². The van der Waals surface area contributed by atoms with Crippen LogP contribution in [0.3, 0.4) is 0 Å². The van der Waals surface area contributed by atoms with E-state index in [1.165, 1.54) is 23.0 Å². The topological polar surface area (TPSA) is 50.2 Å². The fourth-order valence-electron chi connectivity index (χ4n) is 3.59. The van der Waals surface area contributed by atoms with Crippen molar-refractivity contribution in [1.82, 2.24) is 14.7 Å². The van der Waals surface area contributed by atoms with Crippen molar-refractivity contribution in [2.24, 2.45) is 5.92 Å². The summed E-state index contributed by atoms with van der Waals surface area (Å²) in [6.07, 6.45) is 6.14. The first-order valence-corrected chi connectivity index (χ1v) is 11.4. The van der Waals surface area contributed by atoms with Crippen LogP contribution in [0.25, 0.3) is 0 Å². The van der Waals surface area contributed by atoms with Crippen LogP contribution in [0.2, 0.25) is 0 Å². The Morgan fingerprint density at radius 1 is 1.08 bits per heavy atom. The zero-order valence-corrected chi connectivity index (χ0v) is 15.7. The summed E-state index contributed by atoms with van der Waals surface area (Å²) >= 11 is 4.21. The second-order valence-corrected chi connectivity index (χ2v) is 9.29. The number of likely N-dealkylation sites (tertiary alicyclic amines) is 1. The van der Waals surface area contributed by atoms with Crippen molar-refractivity contribution < 1.29 is 4.79 Å². The Hall–Kier alpha value is -0.660.